The van der Waals surface area contributed by atoms with Gasteiger partial charge < -0.3 is 4.90 Å². The molecular weight excluding hydrogens is 216 g/mol. The Kier molecular flexibility index (Phi) is 3.78. The zero-order chi connectivity index (χ0) is 12.3. The van der Waals surface area contributed by atoms with E-state index in [4.69, 9.17) is 0 Å². The van der Waals surface area contributed by atoms with Gasteiger partial charge in [0.1, 0.15) is 6.33 Å². The molecule has 0 spiro atoms. The van der Waals surface area contributed by atoms with Gasteiger partial charge in [-0.05, 0) is 13.3 Å². The minimum absolute atomic E-state index is 0.0336. The SMILES string of the molecule is CCC(C)N1CCN(C(=O)n2ccnc2)CC1. The molecule has 1 aromatic heterocycles. The minimum Gasteiger partial charge on any atom is -0.321 e. The van der Waals surface area contributed by atoms with Gasteiger partial charge in [0.05, 0.1) is 0 Å². The summed E-state index contributed by atoms with van der Waals surface area (Å²) in [4.78, 5) is 20.3. The van der Waals surface area contributed by atoms with Crippen molar-refractivity contribution >= 4 is 6.03 Å². The van der Waals surface area contributed by atoms with E-state index >= 15 is 0 Å². The highest BCUT2D eigenvalue weighted by Crippen LogP contribution is 2.09. The Hall–Kier alpha value is -1.36. The van der Waals surface area contributed by atoms with Gasteiger partial charge in [0.25, 0.3) is 0 Å². The van der Waals surface area contributed by atoms with Crippen LogP contribution in [0.25, 0.3) is 0 Å². The van der Waals surface area contributed by atoms with Crippen LogP contribution in [-0.2, 0) is 0 Å². The number of hydrogen-bond acceptors (Lipinski definition) is 3. The van der Waals surface area contributed by atoms with Crippen molar-refractivity contribution in [3.8, 4) is 0 Å². The third-order valence-corrected chi connectivity index (χ3v) is 3.52. The van der Waals surface area contributed by atoms with Crippen molar-refractivity contribution in [3.05, 3.63) is 18.7 Å². The molecule has 5 heteroatoms. The van der Waals surface area contributed by atoms with E-state index in [1.165, 1.54) is 0 Å². The van der Waals surface area contributed by atoms with Crippen molar-refractivity contribution in [3.63, 3.8) is 0 Å². The van der Waals surface area contributed by atoms with Crippen LogP contribution in [-0.4, -0.2) is 57.6 Å². The zero-order valence-corrected chi connectivity index (χ0v) is 10.5. The highest BCUT2D eigenvalue weighted by atomic mass is 16.2. The number of aromatic nitrogens is 2. The van der Waals surface area contributed by atoms with Crippen LogP contribution in [0.5, 0.6) is 0 Å². The van der Waals surface area contributed by atoms with Gasteiger partial charge >= 0.3 is 6.03 Å². The Morgan fingerprint density at radius 1 is 1.35 bits per heavy atom. The van der Waals surface area contributed by atoms with Crippen molar-refractivity contribution in [2.75, 3.05) is 26.2 Å². The maximum absolute atomic E-state index is 12.0. The lowest BCUT2D eigenvalue weighted by atomic mass is 10.2. The highest BCUT2D eigenvalue weighted by molar-refractivity contribution is 5.76. The summed E-state index contributed by atoms with van der Waals surface area (Å²) in [5.74, 6) is 0. The fourth-order valence-electron chi connectivity index (χ4n) is 2.15. The first kappa shape index (κ1) is 12.1. The summed E-state index contributed by atoms with van der Waals surface area (Å²) in [6.07, 6.45) is 6.05. The lowest BCUT2D eigenvalue weighted by Crippen LogP contribution is -2.52. The summed E-state index contributed by atoms with van der Waals surface area (Å²) in [5.41, 5.74) is 0. The molecule has 0 N–H and O–H groups in total. The molecular formula is C12H20N4O. The van der Waals surface area contributed by atoms with Gasteiger partial charge in [-0.25, -0.2) is 9.78 Å². The fourth-order valence-corrected chi connectivity index (χ4v) is 2.15. The molecule has 94 valence electrons. The van der Waals surface area contributed by atoms with Crippen molar-refractivity contribution in [1.82, 2.24) is 19.4 Å². The van der Waals surface area contributed by atoms with E-state index in [9.17, 15) is 4.79 Å². The van der Waals surface area contributed by atoms with E-state index in [2.05, 4.69) is 23.7 Å². The van der Waals surface area contributed by atoms with Crippen LogP contribution >= 0.6 is 0 Å². The third kappa shape index (κ3) is 2.66. The monoisotopic (exact) mass is 236 g/mol. The van der Waals surface area contributed by atoms with E-state index in [0.717, 1.165) is 32.6 Å². The fraction of sp³-hybridized carbons (Fsp3) is 0.667. The lowest BCUT2D eigenvalue weighted by molar-refractivity contribution is 0.113. The van der Waals surface area contributed by atoms with Gasteiger partial charge in [0, 0.05) is 44.6 Å². The topological polar surface area (TPSA) is 41.4 Å². The molecule has 1 aromatic rings. The molecule has 1 saturated heterocycles. The van der Waals surface area contributed by atoms with Crippen LogP contribution in [0.1, 0.15) is 20.3 Å². The van der Waals surface area contributed by atoms with Gasteiger partial charge in [0.15, 0.2) is 0 Å². The summed E-state index contributed by atoms with van der Waals surface area (Å²) in [5, 5.41) is 0. The van der Waals surface area contributed by atoms with Crippen LogP contribution < -0.4 is 0 Å². The number of hydrogen-bond donors (Lipinski definition) is 0. The number of rotatable bonds is 2. The minimum atomic E-state index is 0.0336. The van der Waals surface area contributed by atoms with Crippen molar-refractivity contribution in [1.29, 1.82) is 0 Å². The first-order chi connectivity index (χ1) is 8.22. The van der Waals surface area contributed by atoms with Gasteiger partial charge in [-0.3, -0.25) is 9.47 Å². The van der Waals surface area contributed by atoms with Crippen LogP contribution in [0.4, 0.5) is 4.79 Å². The Morgan fingerprint density at radius 3 is 2.59 bits per heavy atom. The average Bonchev–Trinajstić information content (AvgIpc) is 2.91. The predicted molar refractivity (Wildman–Crippen MR) is 65.9 cm³/mol. The maximum Gasteiger partial charge on any atom is 0.329 e. The van der Waals surface area contributed by atoms with E-state index in [1.807, 2.05) is 4.90 Å². The van der Waals surface area contributed by atoms with Crippen LogP contribution in [0.15, 0.2) is 18.7 Å². The Bertz CT molecular complexity index is 355. The molecule has 0 saturated carbocycles. The number of carbonyl (C=O) groups is 1. The largest absolute Gasteiger partial charge is 0.329 e. The molecule has 5 nitrogen and oxygen atoms in total. The molecule has 1 aliphatic heterocycles. The molecule has 1 aliphatic rings. The second kappa shape index (κ2) is 5.31. The van der Waals surface area contributed by atoms with E-state index in [1.54, 1.807) is 23.3 Å². The second-order valence-corrected chi connectivity index (χ2v) is 4.53. The van der Waals surface area contributed by atoms with E-state index in [-0.39, 0.29) is 6.03 Å². The van der Waals surface area contributed by atoms with Crippen LogP contribution in [0, 0.1) is 0 Å². The van der Waals surface area contributed by atoms with Crippen molar-refractivity contribution in [2.45, 2.75) is 26.3 Å². The summed E-state index contributed by atoms with van der Waals surface area (Å²) >= 11 is 0. The smallest absolute Gasteiger partial charge is 0.321 e. The first-order valence-electron chi connectivity index (χ1n) is 6.23. The number of piperazine rings is 1. The zero-order valence-electron chi connectivity index (χ0n) is 10.5. The summed E-state index contributed by atoms with van der Waals surface area (Å²) < 4.78 is 1.54. The number of carbonyl (C=O) groups excluding carboxylic acids is 1. The Morgan fingerprint density at radius 2 is 2.06 bits per heavy atom. The molecule has 1 atom stereocenters. The number of imidazole rings is 1. The summed E-state index contributed by atoms with van der Waals surface area (Å²) in [6, 6.07) is 0.645. The first-order valence-corrected chi connectivity index (χ1v) is 6.23. The van der Waals surface area contributed by atoms with Crippen molar-refractivity contribution < 1.29 is 4.79 Å². The van der Waals surface area contributed by atoms with Crippen LogP contribution in [0.3, 0.4) is 0 Å². The molecule has 0 bridgehead atoms. The average molecular weight is 236 g/mol. The number of nitrogens with zero attached hydrogens (tertiary/aromatic N) is 4. The lowest BCUT2D eigenvalue weighted by Gasteiger charge is -2.37. The molecule has 1 amide bonds. The molecule has 2 rings (SSSR count). The van der Waals surface area contributed by atoms with Gasteiger partial charge in [0.2, 0.25) is 0 Å². The maximum atomic E-state index is 12.0. The van der Waals surface area contributed by atoms with Crippen LogP contribution in [0.2, 0.25) is 0 Å². The second-order valence-electron chi connectivity index (χ2n) is 4.53. The molecule has 0 aliphatic carbocycles. The van der Waals surface area contributed by atoms with E-state index in [0.29, 0.717) is 6.04 Å². The summed E-state index contributed by atoms with van der Waals surface area (Å²) in [6.45, 7) is 7.99. The van der Waals surface area contributed by atoms with Crippen molar-refractivity contribution in [2.24, 2.45) is 0 Å². The molecule has 17 heavy (non-hydrogen) atoms. The molecule has 1 unspecified atom stereocenters. The highest BCUT2D eigenvalue weighted by Gasteiger charge is 2.23. The Labute approximate surface area is 102 Å². The normalized spacial score (nSPS) is 19.3. The standard InChI is InChI=1S/C12H20N4O/c1-3-11(2)14-6-8-15(9-7-14)12(17)16-5-4-13-10-16/h4-5,10-11H,3,6-9H2,1-2H3. The molecule has 2 heterocycles. The third-order valence-electron chi connectivity index (χ3n) is 3.52. The quantitative estimate of drug-likeness (QED) is 0.776. The van der Waals surface area contributed by atoms with Gasteiger partial charge in [-0.2, -0.15) is 0 Å². The molecule has 0 radical (unpaired) electrons. The Balaban J connectivity index is 1.89. The van der Waals surface area contributed by atoms with Gasteiger partial charge in [-0.15, -0.1) is 0 Å². The molecule has 1 fully saturated rings. The predicted octanol–water partition coefficient (Wildman–Crippen LogP) is 1.27. The van der Waals surface area contributed by atoms with Gasteiger partial charge in [-0.1, -0.05) is 6.92 Å². The molecule has 0 aromatic carbocycles. The van der Waals surface area contributed by atoms with E-state index < -0.39 is 0 Å². The number of amides is 1. The summed E-state index contributed by atoms with van der Waals surface area (Å²) in [7, 11) is 0.